The highest BCUT2D eigenvalue weighted by Crippen LogP contribution is 2.49. The molecule has 1 saturated carbocycles. The van der Waals surface area contributed by atoms with Gasteiger partial charge in [0.2, 0.25) is 5.88 Å². The maximum Gasteiger partial charge on any atom is 0.326 e. The lowest BCUT2D eigenvalue weighted by molar-refractivity contribution is -0.159. The summed E-state index contributed by atoms with van der Waals surface area (Å²) in [6, 6.07) is 8.37. The molecule has 5 rings (SSSR count). The number of rotatable bonds is 8. The molecule has 3 heterocycles. The van der Waals surface area contributed by atoms with Gasteiger partial charge in [0.15, 0.2) is 0 Å². The van der Waals surface area contributed by atoms with Crippen LogP contribution in [0.15, 0.2) is 36.5 Å². The van der Waals surface area contributed by atoms with Gasteiger partial charge in [0.1, 0.15) is 12.1 Å². The molecule has 5 atom stereocenters. The monoisotopic (exact) mass is 563 g/mol. The van der Waals surface area contributed by atoms with Crippen LogP contribution in [-0.4, -0.2) is 58.8 Å². The molecule has 0 unspecified atom stereocenters. The first-order valence-electron chi connectivity index (χ1n) is 15.1. The summed E-state index contributed by atoms with van der Waals surface area (Å²) in [6.45, 7) is 9.21. The molecule has 8 nitrogen and oxygen atoms in total. The number of nitrogens with one attached hydrogen (secondary N) is 1. The third kappa shape index (κ3) is 5.86. The molecule has 1 aromatic heterocycles. The first-order valence-corrected chi connectivity index (χ1v) is 15.1. The van der Waals surface area contributed by atoms with Crippen LogP contribution >= 0.6 is 0 Å². The highest BCUT2D eigenvalue weighted by molar-refractivity contribution is 5.88. The van der Waals surface area contributed by atoms with Crippen LogP contribution in [0.2, 0.25) is 0 Å². The molecule has 1 amide bonds. The van der Waals surface area contributed by atoms with Crippen LogP contribution in [0.5, 0.6) is 5.88 Å². The predicted molar refractivity (Wildman–Crippen MR) is 157 cm³/mol. The molecule has 3 fully saturated rings. The predicted octanol–water partition coefficient (Wildman–Crippen LogP) is 5.39. The number of aromatic nitrogens is 1. The van der Waals surface area contributed by atoms with Gasteiger partial charge in [-0.3, -0.25) is 4.79 Å². The van der Waals surface area contributed by atoms with Crippen LogP contribution in [0, 0.1) is 18.3 Å². The van der Waals surface area contributed by atoms with Gasteiger partial charge >= 0.3 is 5.97 Å². The van der Waals surface area contributed by atoms with Crippen molar-refractivity contribution in [2.75, 3.05) is 13.7 Å². The average Bonchev–Trinajstić information content (AvgIpc) is 3.27. The number of aliphatic carboxylic acids is 1. The smallest absolute Gasteiger partial charge is 0.326 e. The number of methoxy groups -OCH3 is 1. The Labute approximate surface area is 243 Å². The van der Waals surface area contributed by atoms with Crippen LogP contribution in [0.4, 0.5) is 0 Å². The normalized spacial score (nSPS) is 27.0. The van der Waals surface area contributed by atoms with Gasteiger partial charge in [-0.25, -0.2) is 9.78 Å². The number of benzene rings is 1. The maximum atomic E-state index is 14.2. The van der Waals surface area contributed by atoms with Gasteiger partial charge in [0.25, 0.3) is 5.91 Å². The third-order valence-corrected chi connectivity index (χ3v) is 9.38. The van der Waals surface area contributed by atoms with Crippen LogP contribution in [0.3, 0.4) is 0 Å². The summed E-state index contributed by atoms with van der Waals surface area (Å²) in [6.07, 6.45) is 7.29. The zero-order valence-corrected chi connectivity index (χ0v) is 25.1. The first kappa shape index (κ1) is 29.5. The number of pyridine rings is 1. The van der Waals surface area contributed by atoms with Crippen LogP contribution in [0.25, 0.3) is 0 Å². The van der Waals surface area contributed by atoms with E-state index in [0.717, 1.165) is 29.5 Å². The van der Waals surface area contributed by atoms with E-state index in [9.17, 15) is 14.7 Å². The van der Waals surface area contributed by atoms with Crippen molar-refractivity contribution < 1.29 is 24.2 Å². The molecule has 222 valence electrons. The van der Waals surface area contributed by atoms with Crippen LogP contribution < -0.4 is 10.1 Å². The molecular weight excluding hydrogens is 518 g/mol. The Bertz CT molecular complexity index is 1250. The average molecular weight is 564 g/mol. The van der Waals surface area contributed by atoms with Crippen LogP contribution in [0.1, 0.15) is 93.5 Å². The van der Waals surface area contributed by atoms with E-state index in [1.54, 1.807) is 12.0 Å². The van der Waals surface area contributed by atoms with Crippen molar-refractivity contribution in [3.63, 3.8) is 0 Å². The van der Waals surface area contributed by atoms with Crippen molar-refractivity contribution in [1.82, 2.24) is 15.2 Å². The molecule has 0 bridgehead atoms. The Morgan fingerprint density at radius 3 is 2.49 bits per heavy atom. The highest BCUT2D eigenvalue weighted by Gasteiger charge is 2.58. The second kappa shape index (κ2) is 12.1. The minimum Gasteiger partial charge on any atom is -0.481 e. The lowest BCUT2D eigenvalue weighted by Crippen LogP contribution is -2.51. The molecule has 1 aliphatic carbocycles. The summed E-state index contributed by atoms with van der Waals surface area (Å²) in [4.78, 5) is 33.6. The van der Waals surface area contributed by atoms with E-state index >= 15 is 0 Å². The van der Waals surface area contributed by atoms with Gasteiger partial charge in [0.05, 0.1) is 13.2 Å². The molecule has 0 radical (unpaired) electrons. The second-order valence-electron chi connectivity index (χ2n) is 13.0. The molecule has 1 aromatic carbocycles. The summed E-state index contributed by atoms with van der Waals surface area (Å²) in [7, 11) is 1.63. The number of likely N-dealkylation sites (tertiary alicyclic amines) is 1. The van der Waals surface area contributed by atoms with Gasteiger partial charge in [-0.2, -0.15) is 0 Å². The minimum absolute atomic E-state index is 0.227. The van der Waals surface area contributed by atoms with E-state index in [2.05, 4.69) is 37.1 Å². The Balaban J connectivity index is 1.58. The van der Waals surface area contributed by atoms with Gasteiger partial charge in [-0.1, -0.05) is 51.5 Å². The van der Waals surface area contributed by atoms with E-state index in [0.29, 0.717) is 31.4 Å². The molecule has 0 spiro atoms. The zero-order valence-electron chi connectivity index (χ0n) is 25.1. The number of nitrogens with zero attached hydrogens (tertiary/aromatic N) is 2. The number of aryl methyl sites for hydroxylation is 1. The van der Waals surface area contributed by atoms with E-state index in [-0.39, 0.29) is 17.9 Å². The summed E-state index contributed by atoms with van der Waals surface area (Å²) < 4.78 is 11.6. The zero-order chi connectivity index (χ0) is 29.3. The van der Waals surface area contributed by atoms with Crippen LogP contribution in [-0.2, 0) is 20.9 Å². The largest absolute Gasteiger partial charge is 0.481 e. The SMILES string of the molecule is COc1ncc(C2CCC2)cc1CN[C@H]1[C@H](C(C)(C)C)[C@@H](C(=O)O)N(C(=O)[C@@H]2CCCCO2)[C@H]1c1ccccc1C. The van der Waals surface area contributed by atoms with Gasteiger partial charge in [0, 0.05) is 36.9 Å². The van der Waals surface area contributed by atoms with Crippen molar-refractivity contribution in [3.05, 3.63) is 58.8 Å². The Morgan fingerprint density at radius 1 is 1.15 bits per heavy atom. The number of hydrogen-bond acceptors (Lipinski definition) is 6. The number of hydrogen-bond donors (Lipinski definition) is 2. The molecule has 2 saturated heterocycles. The molecule has 8 heteroatoms. The van der Waals surface area contributed by atoms with Crippen molar-refractivity contribution in [2.24, 2.45) is 11.3 Å². The van der Waals surface area contributed by atoms with Gasteiger partial charge in [-0.05, 0) is 73.1 Å². The highest BCUT2D eigenvalue weighted by atomic mass is 16.5. The number of carboxylic acids is 1. The number of carbonyl (C=O) groups is 2. The van der Waals surface area contributed by atoms with E-state index < -0.39 is 29.6 Å². The van der Waals surface area contributed by atoms with Crippen molar-refractivity contribution in [2.45, 2.75) is 103 Å². The number of carboxylic acid groups (broad SMARTS) is 1. The molecular formula is C33H45N3O5. The summed E-state index contributed by atoms with van der Waals surface area (Å²) in [5.74, 6) is -0.485. The first-order chi connectivity index (χ1) is 19.6. The summed E-state index contributed by atoms with van der Waals surface area (Å²) in [5.41, 5.74) is 3.73. The second-order valence-corrected chi connectivity index (χ2v) is 13.0. The maximum absolute atomic E-state index is 14.2. The van der Waals surface area contributed by atoms with E-state index in [4.69, 9.17) is 9.47 Å². The summed E-state index contributed by atoms with van der Waals surface area (Å²) >= 11 is 0. The minimum atomic E-state index is -1.00. The standard InChI is InChI=1S/C33H45N3O5/c1-20-11-6-7-14-24(20)28-27(34-19-23-17-22(21-12-10-13-21)18-35-30(23)40-5)26(33(2,3)4)29(32(38)39)36(28)31(37)25-15-8-9-16-41-25/h6-7,11,14,17-18,21,25-29,34H,8-10,12-13,15-16,19H2,1-5H3,(H,38,39)/t25-,26-,27-,28-,29-/m0/s1. The quantitative estimate of drug-likeness (QED) is 0.444. The fraction of sp³-hybridized carbons (Fsp3) is 0.606. The van der Waals surface area contributed by atoms with Gasteiger partial charge in [-0.15, -0.1) is 0 Å². The van der Waals surface area contributed by atoms with Gasteiger partial charge < -0.3 is 24.8 Å². The third-order valence-electron chi connectivity index (χ3n) is 9.38. The lowest BCUT2D eigenvalue weighted by Gasteiger charge is -2.36. The van der Waals surface area contributed by atoms with Crippen molar-refractivity contribution in [1.29, 1.82) is 0 Å². The fourth-order valence-electron chi connectivity index (χ4n) is 7.09. The number of amides is 1. The molecule has 41 heavy (non-hydrogen) atoms. The Hall–Kier alpha value is -2.97. The fourth-order valence-corrected chi connectivity index (χ4v) is 7.09. The molecule has 3 aliphatic rings. The summed E-state index contributed by atoms with van der Waals surface area (Å²) in [5, 5.41) is 14.5. The van der Waals surface area contributed by atoms with E-state index in [1.165, 1.54) is 24.8 Å². The number of ether oxygens (including phenoxy) is 2. The molecule has 2 N–H and O–H groups in total. The Kier molecular flexibility index (Phi) is 8.71. The van der Waals surface area contributed by atoms with Crippen molar-refractivity contribution >= 4 is 11.9 Å². The lowest BCUT2D eigenvalue weighted by atomic mass is 9.72. The van der Waals surface area contributed by atoms with Crippen molar-refractivity contribution in [3.8, 4) is 5.88 Å². The molecule has 2 aromatic rings. The number of carbonyl (C=O) groups excluding carboxylic acids is 1. The van der Waals surface area contributed by atoms with E-state index in [1.807, 2.05) is 37.4 Å². The topological polar surface area (TPSA) is 101 Å². The Morgan fingerprint density at radius 2 is 1.90 bits per heavy atom. The molecule has 2 aliphatic heterocycles.